The maximum Gasteiger partial charge on any atom is 0.219 e. The molecule has 0 fully saturated rings. The first-order valence-corrected chi connectivity index (χ1v) is 6.83. The third kappa shape index (κ3) is 5.24. The average molecular weight is 285 g/mol. The van der Waals surface area contributed by atoms with E-state index in [4.69, 9.17) is 15.2 Å². The number of hydrogen-bond donors (Lipinski definition) is 1. The number of hydrogen-bond acceptors (Lipinski definition) is 5. The Labute approximate surface area is 124 Å². The van der Waals surface area contributed by atoms with E-state index in [1.807, 2.05) is 49.4 Å². The van der Waals surface area contributed by atoms with Crippen molar-refractivity contribution in [2.24, 2.45) is 0 Å². The summed E-state index contributed by atoms with van der Waals surface area (Å²) in [4.78, 5) is 8.33. The van der Waals surface area contributed by atoms with Gasteiger partial charge in [-0.1, -0.05) is 36.4 Å². The molecular formula is C16H19N3O2. The molecule has 0 aliphatic rings. The predicted molar refractivity (Wildman–Crippen MR) is 82.7 cm³/mol. The molecule has 0 bridgehead atoms. The van der Waals surface area contributed by atoms with Crippen LogP contribution in [0.1, 0.15) is 18.3 Å². The van der Waals surface area contributed by atoms with E-state index in [-0.39, 0.29) is 0 Å². The van der Waals surface area contributed by atoms with Crippen molar-refractivity contribution in [3.8, 4) is 5.88 Å². The molecule has 0 aliphatic carbocycles. The van der Waals surface area contributed by atoms with E-state index in [0.29, 0.717) is 37.3 Å². The molecule has 1 aromatic heterocycles. The lowest BCUT2D eigenvalue weighted by atomic mass is 10.2. The van der Waals surface area contributed by atoms with Crippen LogP contribution in [0.3, 0.4) is 0 Å². The van der Waals surface area contributed by atoms with Crippen LogP contribution >= 0.6 is 0 Å². The number of anilines is 1. The molecule has 0 saturated heterocycles. The number of ether oxygens (including phenoxy) is 2. The molecule has 0 spiro atoms. The zero-order chi connectivity index (χ0) is 14.9. The molecule has 5 nitrogen and oxygen atoms in total. The Balaban J connectivity index is 1.90. The van der Waals surface area contributed by atoms with Gasteiger partial charge in [0.2, 0.25) is 5.88 Å². The molecule has 0 unspecified atom stereocenters. The fourth-order valence-electron chi connectivity index (χ4n) is 1.71. The van der Waals surface area contributed by atoms with Crippen molar-refractivity contribution >= 4 is 11.9 Å². The van der Waals surface area contributed by atoms with Crippen LogP contribution in [-0.4, -0.2) is 23.2 Å². The lowest BCUT2D eigenvalue weighted by Gasteiger charge is -2.06. The Kier molecular flexibility index (Phi) is 5.72. The molecule has 2 aromatic rings. The van der Waals surface area contributed by atoms with Gasteiger partial charge in [0.05, 0.1) is 0 Å². The van der Waals surface area contributed by atoms with Crippen molar-refractivity contribution in [1.82, 2.24) is 9.97 Å². The van der Waals surface area contributed by atoms with Gasteiger partial charge < -0.3 is 15.2 Å². The lowest BCUT2D eigenvalue weighted by Crippen LogP contribution is -2.05. The van der Waals surface area contributed by atoms with Gasteiger partial charge in [-0.2, -0.15) is 4.98 Å². The second-order valence-electron chi connectivity index (χ2n) is 4.31. The number of nitrogens with zero attached hydrogens (tertiary/aromatic N) is 2. The fourth-order valence-corrected chi connectivity index (χ4v) is 1.71. The number of nitrogens with two attached hydrogens (primary N) is 1. The fraction of sp³-hybridized carbons (Fsp3) is 0.250. The summed E-state index contributed by atoms with van der Waals surface area (Å²) in [6.45, 7) is 3.27. The Morgan fingerprint density at radius 3 is 2.76 bits per heavy atom. The van der Waals surface area contributed by atoms with Crippen molar-refractivity contribution in [1.29, 1.82) is 0 Å². The van der Waals surface area contributed by atoms with Crippen LogP contribution in [0.5, 0.6) is 5.88 Å². The number of benzene rings is 1. The van der Waals surface area contributed by atoms with E-state index >= 15 is 0 Å². The van der Waals surface area contributed by atoms with Crippen LogP contribution in [0.2, 0.25) is 0 Å². The molecule has 0 amide bonds. The second-order valence-corrected chi connectivity index (χ2v) is 4.31. The first kappa shape index (κ1) is 15.0. The van der Waals surface area contributed by atoms with Gasteiger partial charge in [0.25, 0.3) is 0 Å². The van der Waals surface area contributed by atoms with Gasteiger partial charge in [-0.3, -0.25) is 0 Å². The number of aromatic nitrogens is 2. The molecular weight excluding hydrogens is 266 g/mol. The van der Waals surface area contributed by atoms with Gasteiger partial charge in [0.1, 0.15) is 19.0 Å². The van der Waals surface area contributed by atoms with Gasteiger partial charge in [-0.05, 0) is 18.6 Å². The summed E-state index contributed by atoms with van der Waals surface area (Å²) >= 11 is 0. The molecule has 2 rings (SSSR count). The Hall–Kier alpha value is -2.40. The molecule has 0 radical (unpaired) electrons. The summed E-state index contributed by atoms with van der Waals surface area (Å²) in [5.41, 5.74) is 6.85. The van der Waals surface area contributed by atoms with Crippen molar-refractivity contribution < 1.29 is 9.47 Å². The van der Waals surface area contributed by atoms with Crippen LogP contribution in [0, 0.1) is 0 Å². The minimum Gasteiger partial charge on any atom is -0.473 e. The van der Waals surface area contributed by atoms with Gasteiger partial charge >= 0.3 is 0 Å². The normalized spacial score (nSPS) is 10.9. The molecule has 0 atom stereocenters. The Morgan fingerprint density at radius 2 is 2.00 bits per heavy atom. The second kappa shape index (κ2) is 8.01. The number of nitrogen functional groups attached to an aromatic ring is 1. The van der Waals surface area contributed by atoms with Crippen LogP contribution in [0.15, 0.2) is 42.5 Å². The third-order valence-electron chi connectivity index (χ3n) is 2.64. The summed E-state index contributed by atoms with van der Waals surface area (Å²) in [7, 11) is 0. The first-order chi connectivity index (χ1) is 10.3. The van der Waals surface area contributed by atoms with E-state index < -0.39 is 0 Å². The standard InChI is InChI=1S/C16H19N3O2/c1-2-20-12-15-18-14(17)11-16(19-15)21-10-6-9-13-7-4-3-5-8-13/h3-9,11H,2,10,12H2,1H3,(H2,17,18,19)/b9-6+. The van der Waals surface area contributed by atoms with E-state index in [9.17, 15) is 0 Å². The molecule has 2 N–H and O–H groups in total. The Bertz CT molecular complexity index is 585. The van der Waals surface area contributed by atoms with Gasteiger partial charge in [0, 0.05) is 12.7 Å². The molecule has 5 heteroatoms. The zero-order valence-electron chi connectivity index (χ0n) is 12.0. The summed E-state index contributed by atoms with van der Waals surface area (Å²) in [5.74, 6) is 1.36. The molecule has 0 aliphatic heterocycles. The van der Waals surface area contributed by atoms with Crippen molar-refractivity contribution in [2.45, 2.75) is 13.5 Å². The maximum atomic E-state index is 5.72. The SMILES string of the molecule is CCOCc1nc(N)cc(OC/C=C/c2ccccc2)n1. The first-order valence-electron chi connectivity index (χ1n) is 6.83. The van der Waals surface area contributed by atoms with Crippen LogP contribution < -0.4 is 10.5 Å². The highest BCUT2D eigenvalue weighted by Crippen LogP contribution is 2.12. The van der Waals surface area contributed by atoms with E-state index in [2.05, 4.69) is 9.97 Å². The van der Waals surface area contributed by atoms with Crippen molar-refractivity contribution in [3.63, 3.8) is 0 Å². The highest BCUT2D eigenvalue weighted by Gasteiger charge is 2.03. The molecule has 1 heterocycles. The third-order valence-corrected chi connectivity index (χ3v) is 2.64. The number of rotatable bonds is 7. The van der Waals surface area contributed by atoms with Crippen LogP contribution in [0.25, 0.3) is 6.08 Å². The predicted octanol–water partition coefficient (Wildman–Crippen LogP) is 2.69. The van der Waals surface area contributed by atoms with E-state index in [0.717, 1.165) is 5.56 Å². The quantitative estimate of drug-likeness (QED) is 0.847. The zero-order valence-corrected chi connectivity index (χ0v) is 12.0. The topological polar surface area (TPSA) is 70.3 Å². The molecule has 110 valence electrons. The highest BCUT2D eigenvalue weighted by atomic mass is 16.5. The molecule has 21 heavy (non-hydrogen) atoms. The summed E-state index contributed by atoms with van der Waals surface area (Å²) < 4.78 is 10.8. The minimum atomic E-state index is 0.331. The average Bonchev–Trinajstić information content (AvgIpc) is 2.50. The monoisotopic (exact) mass is 285 g/mol. The largest absolute Gasteiger partial charge is 0.473 e. The summed E-state index contributed by atoms with van der Waals surface area (Å²) in [6.07, 6.45) is 3.92. The Morgan fingerprint density at radius 1 is 1.19 bits per heavy atom. The van der Waals surface area contributed by atoms with Crippen LogP contribution in [0.4, 0.5) is 5.82 Å². The van der Waals surface area contributed by atoms with Crippen LogP contribution in [-0.2, 0) is 11.3 Å². The maximum absolute atomic E-state index is 5.72. The van der Waals surface area contributed by atoms with Crippen molar-refractivity contribution in [3.05, 3.63) is 53.9 Å². The van der Waals surface area contributed by atoms with E-state index in [1.165, 1.54) is 0 Å². The lowest BCUT2D eigenvalue weighted by molar-refractivity contribution is 0.127. The van der Waals surface area contributed by atoms with Crippen molar-refractivity contribution in [2.75, 3.05) is 18.9 Å². The van der Waals surface area contributed by atoms with Gasteiger partial charge in [-0.25, -0.2) is 4.98 Å². The smallest absolute Gasteiger partial charge is 0.219 e. The van der Waals surface area contributed by atoms with Gasteiger partial charge in [-0.15, -0.1) is 0 Å². The summed E-state index contributed by atoms with van der Waals surface area (Å²) in [5, 5.41) is 0. The highest BCUT2D eigenvalue weighted by molar-refractivity contribution is 5.48. The van der Waals surface area contributed by atoms with E-state index in [1.54, 1.807) is 6.07 Å². The molecule has 0 saturated carbocycles. The molecule has 1 aromatic carbocycles. The minimum absolute atomic E-state index is 0.331. The summed E-state index contributed by atoms with van der Waals surface area (Å²) in [6, 6.07) is 11.6. The van der Waals surface area contributed by atoms with Gasteiger partial charge in [0.15, 0.2) is 5.82 Å².